The average Bonchev–Trinajstić information content (AvgIpc) is 2.57. The van der Waals surface area contributed by atoms with Crippen LogP contribution in [0.5, 0.6) is 0 Å². The molecule has 0 spiro atoms. The number of hydrogen-bond donors (Lipinski definition) is 2. The lowest BCUT2D eigenvalue weighted by atomic mass is 10.2. The third-order valence-corrected chi connectivity index (χ3v) is 3.56. The van der Waals surface area contributed by atoms with Gasteiger partial charge < -0.3 is 10.6 Å². The van der Waals surface area contributed by atoms with Crippen molar-refractivity contribution in [1.29, 1.82) is 0 Å². The second-order valence-electron chi connectivity index (χ2n) is 5.00. The number of carbonyl (C=O) groups is 1. The standard InChI is InChI=1S/C18H13ClFN3O/c19-15-6-1-2-7-16(15)22-14-8-9-21-17(11-14)18(24)23-13-5-3-4-12(20)10-13/h1-11H,(H,21,22)(H,23,24). The number of carbonyl (C=O) groups excluding carboxylic acids is 1. The molecule has 0 radical (unpaired) electrons. The Morgan fingerprint density at radius 3 is 2.62 bits per heavy atom. The van der Waals surface area contributed by atoms with E-state index < -0.39 is 11.7 Å². The molecule has 0 fully saturated rings. The van der Waals surface area contributed by atoms with Crippen molar-refractivity contribution in [3.8, 4) is 0 Å². The average molecular weight is 342 g/mol. The summed E-state index contributed by atoms with van der Waals surface area (Å²) < 4.78 is 13.2. The summed E-state index contributed by atoms with van der Waals surface area (Å²) in [4.78, 5) is 16.3. The molecule has 0 bridgehead atoms. The molecule has 3 rings (SSSR count). The Morgan fingerprint density at radius 2 is 1.83 bits per heavy atom. The molecule has 24 heavy (non-hydrogen) atoms. The van der Waals surface area contributed by atoms with Crippen molar-refractivity contribution in [3.05, 3.63) is 83.4 Å². The molecule has 0 aliphatic carbocycles. The summed E-state index contributed by atoms with van der Waals surface area (Å²) in [5, 5.41) is 6.30. The Kier molecular flexibility index (Phi) is 4.72. The number of hydrogen-bond acceptors (Lipinski definition) is 3. The monoisotopic (exact) mass is 341 g/mol. The van der Waals surface area contributed by atoms with Gasteiger partial charge in [0.1, 0.15) is 11.5 Å². The second kappa shape index (κ2) is 7.10. The number of amides is 1. The minimum Gasteiger partial charge on any atom is -0.354 e. The predicted molar refractivity (Wildman–Crippen MR) is 93.3 cm³/mol. The smallest absolute Gasteiger partial charge is 0.274 e. The number of nitrogens with zero attached hydrogens (tertiary/aromatic N) is 1. The lowest BCUT2D eigenvalue weighted by Gasteiger charge is -2.09. The van der Waals surface area contributed by atoms with Crippen LogP contribution < -0.4 is 10.6 Å². The van der Waals surface area contributed by atoms with Crippen LogP contribution in [0.1, 0.15) is 10.5 Å². The predicted octanol–water partition coefficient (Wildman–Crippen LogP) is 4.87. The summed E-state index contributed by atoms with van der Waals surface area (Å²) in [5.41, 5.74) is 1.96. The zero-order valence-electron chi connectivity index (χ0n) is 12.5. The van der Waals surface area contributed by atoms with E-state index in [-0.39, 0.29) is 5.69 Å². The van der Waals surface area contributed by atoms with Gasteiger partial charge in [0, 0.05) is 17.6 Å². The summed E-state index contributed by atoms with van der Waals surface area (Å²) in [7, 11) is 0. The number of pyridine rings is 1. The molecule has 120 valence electrons. The highest BCUT2D eigenvalue weighted by molar-refractivity contribution is 6.33. The quantitative estimate of drug-likeness (QED) is 0.711. The van der Waals surface area contributed by atoms with Crippen molar-refractivity contribution in [3.63, 3.8) is 0 Å². The zero-order chi connectivity index (χ0) is 16.9. The van der Waals surface area contributed by atoms with Gasteiger partial charge in [0.25, 0.3) is 5.91 Å². The Morgan fingerprint density at radius 1 is 1.00 bits per heavy atom. The summed E-state index contributed by atoms with van der Waals surface area (Å²) in [6, 6.07) is 16.3. The molecule has 0 saturated heterocycles. The molecule has 1 heterocycles. The molecule has 2 aromatic carbocycles. The molecule has 0 atom stereocenters. The van der Waals surface area contributed by atoms with Gasteiger partial charge in [-0.05, 0) is 42.5 Å². The van der Waals surface area contributed by atoms with E-state index in [1.807, 2.05) is 18.2 Å². The molecule has 1 amide bonds. The van der Waals surface area contributed by atoms with E-state index in [1.54, 1.807) is 24.3 Å². The van der Waals surface area contributed by atoms with Crippen LogP contribution in [0, 0.1) is 5.82 Å². The van der Waals surface area contributed by atoms with Gasteiger partial charge in [-0.25, -0.2) is 4.39 Å². The van der Waals surface area contributed by atoms with Crippen LogP contribution in [0.25, 0.3) is 0 Å². The molecule has 0 aliphatic heterocycles. The Labute approximate surface area is 143 Å². The van der Waals surface area contributed by atoms with Crippen molar-refractivity contribution >= 4 is 34.6 Å². The summed E-state index contributed by atoms with van der Waals surface area (Å²) in [6.07, 6.45) is 1.51. The molecule has 2 N–H and O–H groups in total. The summed E-state index contributed by atoms with van der Waals surface area (Å²) in [6.45, 7) is 0. The molecule has 0 aliphatic rings. The number of halogens is 2. The highest BCUT2D eigenvalue weighted by atomic mass is 35.5. The van der Waals surface area contributed by atoms with Crippen LogP contribution in [0.2, 0.25) is 5.02 Å². The molecule has 0 unspecified atom stereocenters. The minimum atomic E-state index is -0.427. The first-order valence-electron chi connectivity index (χ1n) is 7.16. The lowest BCUT2D eigenvalue weighted by Crippen LogP contribution is -2.13. The zero-order valence-corrected chi connectivity index (χ0v) is 13.2. The number of nitrogens with one attached hydrogen (secondary N) is 2. The SMILES string of the molecule is O=C(Nc1cccc(F)c1)c1cc(Nc2ccccc2Cl)ccn1. The van der Waals surface area contributed by atoms with Gasteiger partial charge in [-0.15, -0.1) is 0 Å². The van der Waals surface area contributed by atoms with E-state index in [0.717, 1.165) is 5.69 Å². The molecule has 3 aromatic rings. The first kappa shape index (κ1) is 16.0. The number of anilines is 3. The van der Waals surface area contributed by atoms with Crippen molar-refractivity contribution in [2.24, 2.45) is 0 Å². The van der Waals surface area contributed by atoms with Crippen LogP contribution in [0.15, 0.2) is 66.9 Å². The Bertz CT molecular complexity index is 885. The fourth-order valence-electron chi connectivity index (χ4n) is 2.11. The first-order valence-corrected chi connectivity index (χ1v) is 7.54. The third kappa shape index (κ3) is 3.88. The summed E-state index contributed by atoms with van der Waals surface area (Å²) in [5.74, 6) is -0.849. The number of benzene rings is 2. The van der Waals surface area contributed by atoms with Crippen LogP contribution in [0.3, 0.4) is 0 Å². The maximum absolute atomic E-state index is 13.2. The van der Waals surface area contributed by atoms with Crippen LogP contribution in [0.4, 0.5) is 21.5 Å². The van der Waals surface area contributed by atoms with E-state index in [4.69, 9.17) is 11.6 Å². The number of aromatic nitrogens is 1. The molecule has 6 heteroatoms. The highest BCUT2D eigenvalue weighted by Crippen LogP contribution is 2.25. The van der Waals surface area contributed by atoms with E-state index >= 15 is 0 Å². The van der Waals surface area contributed by atoms with Gasteiger partial charge in [-0.2, -0.15) is 0 Å². The third-order valence-electron chi connectivity index (χ3n) is 3.23. The normalized spacial score (nSPS) is 10.2. The van der Waals surface area contributed by atoms with E-state index in [0.29, 0.717) is 16.4 Å². The van der Waals surface area contributed by atoms with Gasteiger partial charge in [-0.3, -0.25) is 9.78 Å². The Hall–Kier alpha value is -2.92. The van der Waals surface area contributed by atoms with Crippen LogP contribution >= 0.6 is 11.6 Å². The molecule has 0 saturated carbocycles. The van der Waals surface area contributed by atoms with Crippen molar-refractivity contribution < 1.29 is 9.18 Å². The Balaban J connectivity index is 1.77. The van der Waals surface area contributed by atoms with Gasteiger partial charge in [0.15, 0.2) is 0 Å². The maximum Gasteiger partial charge on any atom is 0.274 e. The van der Waals surface area contributed by atoms with Gasteiger partial charge in [-0.1, -0.05) is 29.8 Å². The second-order valence-corrected chi connectivity index (χ2v) is 5.41. The largest absolute Gasteiger partial charge is 0.354 e. The van der Waals surface area contributed by atoms with Crippen molar-refractivity contribution in [2.45, 2.75) is 0 Å². The molecular weight excluding hydrogens is 329 g/mol. The number of para-hydroxylation sites is 1. The van der Waals surface area contributed by atoms with Gasteiger partial charge >= 0.3 is 0 Å². The molecule has 1 aromatic heterocycles. The maximum atomic E-state index is 13.2. The van der Waals surface area contributed by atoms with E-state index in [2.05, 4.69) is 15.6 Å². The van der Waals surface area contributed by atoms with Gasteiger partial charge in [0.05, 0.1) is 10.7 Å². The lowest BCUT2D eigenvalue weighted by molar-refractivity contribution is 0.102. The first-order chi connectivity index (χ1) is 11.6. The molecule has 4 nitrogen and oxygen atoms in total. The fraction of sp³-hybridized carbons (Fsp3) is 0. The van der Waals surface area contributed by atoms with Crippen molar-refractivity contribution in [2.75, 3.05) is 10.6 Å². The van der Waals surface area contributed by atoms with Crippen LogP contribution in [-0.4, -0.2) is 10.9 Å². The fourth-order valence-corrected chi connectivity index (χ4v) is 2.29. The van der Waals surface area contributed by atoms with Crippen molar-refractivity contribution in [1.82, 2.24) is 4.98 Å². The summed E-state index contributed by atoms with van der Waals surface area (Å²) >= 11 is 6.11. The molecular formula is C18H13ClFN3O. The van der Waals surface area contributed by atoms with E-state index in [9.17, 15) is 9.18 Å². The topological polar surface area (TPSA) is 54.0 Å². The highest BCUT2D eigenvalue weighted by Gasteiger charge is 2.09. The van der Waals surface area contributed by atoms with Crippen LogP contribution in [-0.2, 0) is 0 Å². The minimum absolute atomic E-state index is 0.205. The van der Waals surface area contributed by atoms with E-state index in [1.165, 1.54) is 24.4 Å². The van der Waals surface area contributed by atoms with Gasteiger partial charge in [0.2, 0.25) is 0 Å². The number of rotatable bonds is 4.